The Morgan fingerprint density at radius 3 is 2.37 bits per heavy atom. The van der Waals surface area contributed by atoms with Crippen LogP contribution >= 0.6 is 23.5 Å². The molecule has 8 N–H and O–H groups in total. The van der Waals surface area contributed by atoms with Crippen molar-refractivity contribution in [3.8, 4) is 23.3 Å². The number of nitrogen functional groups attached to an aromatic ring is 1. The molecule has 0 radical (unpaired) electrons. The molecule has 0 saturated carbocycles. The molecular formula is C53H69N7O16P3+. The molecule has 0 aliphatic carbocycles. The average Bonchev–Trinajstić information content (AvgIpc) is 3.68. The lowest BCUT2D eigenvalue weighted by atomic mass is 9.77. The summed E-state index contributed by atoms with van der Waals surface area (Å²) >= 11 is 0. The number of aliphatic hydroxyl groups is 1. The third kappa shape index (κ3) is 13.0. The smallest absolute Gasteiger partial charge is 0.456 e. The van der Waals surface area contributed by atoms with Crippen molar-refractivity contribution >= 4 is 52.4 Å². The molecule has 1 saturated heterocycles. The molecule has 426 valence electrons. The normalized spacial score (nSPS) is 22.4. The van der Waals surface area contributed by atoms with E-state index in [1.165, 1.54) is 17.3 Å². The second kappa shape index (κ2) is 22.8. The molecule has 7 atom stereocenters. The number of phosphoric acid groups is 3. The second-order valence-electron chi connectivity index (χ2n) is 21.6. The molecule has 4 unspecified atom stereocenters. The standard InChI is InChI=1S/C53H68N7O16P3/c1-10-59-40-24-43-38(22-36(40)31(3)27-52(59,5)6)48(39-23-37-32(4)28-53(7,8)60(11-2)41(37)25-44(39)73-43)34-17-12-13-18-35(34)50(63)57(9)21-15-19-46(62)55-20-14-16-33-29-58(51(64)56-49(33)54)47-26-42(61)45(74-47)30-72-78(68,69)76-79(70,71)75-77(65,66)67/h12-13,17-18,22-25,29,31-32,42,45,47,61H,10-11,15,19-21,26-28,30H2,1-9H3,(H6-,54,55,56,62,64,65,66,67,68,69,70,71)/p+1/t31?,32?,42-,45+,47+/m0/s1. The van der Waals surface area contributed by atoms with E-state index in [0.29, 0.717) is 12.0 Å². The average molecular weight is 1150 g/mol. The molecule has 8 rings (SSSR count). The van der Waals surface area contributed by atoms with E-state index < -0.39 is 54.2 Å². The topological polar surface area (TPSA) is 315 Å². The highest BCUT2D eigenvalue weighted by atomic mass is 31.3. The summed E-state index contributed by atoms with van der Waals surface area (Å²) in [6, 6.07) is 16.6. The molecule has 1 aromatic heterocycles. The van der Waals surface area contributed by atoms with E-state index in [2.05, 4.69) is 124 Å². The van der Waals surface area contributed by atoms with Crippen LogP contribution in [0.1, 0.15) is 144 Å². The SMILES string of the molecule is CCN1c2cc3c(cc2C(C)CC1(C)C)C(c1ccccc1C(=O)N(C)CCCC(=O)NCC#Cc1cn([C@H]2C[C@H](O)[C@@H](COP(=O)(O)OP(=O)(O)OP(=O)(O)O)O2)c(=O)nc1N)=c1cc2c(cc1O3)=[N+](CC)C(C)(C)CC2C. The number of aromatic nitrogens is 2. The van der Waals surface area contributed by atoms with E-state index in [9.17, 15) is 43.0 Å². The van der Waals surface area contributed by atoms with Crippen molar-refractivity contribution in [1.29, 1.82) is 0 Å². The van der Waals surface area contributed by atoms with Gasteiger partial charge in [-0.2, -0.15) is 13.6 Å². The van der Waals surface area contributed by atoms with Crippen molar-refractivity contribution in [2.45, 2.75) is 129 Å². The highest BCUT2D eigenvalue weighted by molar-refractivity contribution is 7.66. The Balaban J connectivity index is 0.952. The van der Waals surface area contributed by atoms with Crippen molar-refractivity contribution in [2.24, 2.45) is 0 Å². The van der Waals surface area contributed by atoms with Gasteiger partial charge in [0.15, 0.2) is 5.54 Å². The van der Waals surface area contributed by atoms with Gasteiger partial charge in [-0.3, -0.25) is 18.7 Å². The Hall–Kier alpha value is -5.56. The largest absolute Gasteiger partial charge is 0.490 e. The van der Waals surface area contributed by atoms with Crippen LogP contribution in [0.15, 0.2) is 59.5 Å². The van der Waals surface area contributed by atoms with Gasteiger partial charge in [0.1, 0.15) is 36.2 Å². The number of rotatable bonds is 17. The van der Waals surface area contributed by atoms with Crippen LogP contribution < -0.4 is 41.5 Å². The number of benzene rings is 3. The minimum atomic E-state index is -5.79. The zero-order valence-corrected chi connectivity index (χ0v) is 48.2. The van der Waals surface area contributed by atoms with Gasteiger partial charge >= 0.3 is 29.2 Å². The van der Waals surface area contributed by atoms with E-state index in [4.69, 9.17) is 25.0 Å². The molecule has 4 aliphatic heterocycles. The van der Waals surface area contributed by atoms with Crippen LogP contribution in [-0.4, -0.2) is 114 Å². The highest BCUT2D eigenvalue weighted by Gasteiger charge is 2.44. The quantitative estimate of drug-likeness (QED) is 0.0362. The van der Waals surface area contributed by atoms with E-state index >= 15 is 0 Å². The summed E-state index contributed by atoms with van der Waals surface area (Å²) in [6.07, 6.45) is -0.807. The van der Waals surface area contributed by atoms with Crippen LogP contribution in [0.25, 0.3) is 5.57 Å². The van der Waals surface area contributed by atoms with Gasteiger partial charge in [0.25, 0.3) is 5.91 Å². The summed E-state index contributed by atoms with van der Waals surface area (Å²) in [6.45, 7) is 18.9. The molecule has 3 aromatic carbocycles. The predicted molar refractivity (Wildman–Crippen MR) is 293 cm³/mol. The van der Waals surface area contributed by atoms with Gasteiger partial charge in [-0.05, 0) is 95.5 Å². The van der Waals surface area contributed by atoms with Crippen LogP contribution in [0.5, 0.6) is 11.5 Å². The van der Waals surface area contributed by atoms with Crippen LogP contribution in [0.3, 0.4) is 0 Å². The predicted octanol–water partition coefficient (Wildman–Crippen LogP) is 5.10. The lowest BCUT2D eigenvalue weighted by Gasteiger charge is -2.47. The fourth-order valence-electron chi connectivity index (χ4n) is 11.7. The first-order valence-electron chi connectivity index (χ1n) is 26.0. The van der Waals surface area contributed by atoms with Crippen molar-refractivity contribution < 1.29 is 70.6 Å². The van der Waals surface area contributed by atoms with Gasteiger partial charge in [-0.25, -0.2) is 23.1 Å². The summed E-state index contributed by atoms with van der Waals surface area (Å²) in [5.74, 6) is 6.73. The fraction of sp³-hybridized carbons (Fsp3) is 0.491. The zero-order valence-electron chi connectivity index (χ0n) is 45.5. The van der Waals surface area contributed by atoms with E-state index in [0.717, 1.165) is 75.0 Å². The number of nitrogens with two attached hydrogens (primary N) is 1. The van der Waals surface area contributed by atoms with Crippen molar-refractivity contribution in [3.05, 3.63) is 109 Å². The van der Waals surface area contributed by atoms with Gasteiger partial charge in [0, 0.05) is 90.4 Å². The van der Waals surface area contributed by atoms with Crippen LogP contribution in [-0.2, 0) is 36.4 Å². The number of nitrogens with zero attached hydrogens (tertiary/aromatic N) is 5. The number of phosphoric ester groups is 1. The van der Waals surface area contributed by atoms with Gasteiger partial charge in [0.2, 0.25) is 11.3 Å². The number of amides is 2. The van der Waals surface area contributed by atoms with Gasteiger partial charge in [0.05, 0.1) is 30.9 Å². The van der Waals surface area contributed by atoms with Crippen molar-refractivity contribution in [2.75, 3.05) is 50.5 Å². The fourth-order valence-corrected chi connectivity index (χ4v) is 14.7. The number of anilines is 2. The zero-order chi connectivity index (χ0) is 57.7. The Bertz CT molecular complexity index is 3500. The molecule has 1 fully saturated rings. The molecule has 4 aromatic rings. The summed E-state index contributed by atoms with van der Waals surface area (Å²) < 4.78 is 62.7. The summed E-state index contributed by atoms with van der Waals surface area (Å²) in [5.41, 5.74) is 11.8. The van der Waals surface area contributed by atoms with E-state index in [1.807, 2.05) is 24.3 Å². The first kappa shape index (κ1) is 59.6. The molecule has 0 bridgehead atoms. The van der Waals surface area contributed by atoms with Gasteiger partial charge < -0.3 is 55.0 Å². The lowest BCUT2D eigenvalue weighted by Crippen LogP contribution is -2.52. The third-order valence-corrected chi connectivity index (χ3v) is 18.7. The monoisotopic (exact) mass is 1150 g/mol. The van der Waals surface area contributed by atoms with E-state index in [1.54, 1.807) is 11.9 Å². The number of ether oxygens (including phenoxy) is 2. The number of carbonyl (C=O) groups excluding carboxylic acids is 2. The number of fused-ring (bicyclic) bond motifs is 4. The van der Waals surface area contributed by atoms with Gasteiger partial charge in [-0.15, -0.1) is 0 Å². The third-order valence-electron chi connectivity index (χ3n) is 14.9. The van der Waals surface area contributed by atoms with Crippen LogP contribution in [0.2, 0.25) is 0 Å². The van der Waals surface area contributed by atoms with Gasteiger partial charge in [-0.1, -0.05) is 43.9 Å². The Labute approximate surface area is 457 Å². The number of aliphatic hydroxyl groups excluding tert-OH is 1. The first-order valence-corrected chi connectivity index (χ1v) is 30.5. The molecule has 5 heterocycles. The maximum Gasteiger partial charge on any atom is 0.490 e. The number of hydrogen-bond acceptors (Lipinski definition) is 15. The number of carbonyl (C=O) groups is 2. The Kier molecular flexibility index (Phi) is 17.2. The summed E-state index contributed by atoms with van der Waals surface area (Å²) in [5, 5.41) is 15.4. The molecule has 23 nitrogen and oxygen atoms in total. The van der Waals surface area contributed by atoms with Crippen molar-refractivity contribution in [1.82, 2.24) is 24.3 Å². The molecule has 79 heavy (non-hydrogen) atoms. The van der Waals surface area contributed by atoms with E-state index in [-0.39, 0.29) is 72.0 Å². The Morgan fingerprint density at radius 2 is 1.67 bits per heavy atom. The number of nitrogens with one attached hydrogen (secondary N) is 1. The molecule has 2 amide bonds. The minimum absolute atomic E-state index is 0.0529. The summed E-state index contributed by atoms with van der Waals surface area (Å²) in [7, 11) is -15.2. The second-order valence-corrected chi connectivity index (χ2v) is 26.0. The first-order chi connectivity index (χ1) is 36.9. The molecular weight excluding hydrogens is 1080 g/mol. The molecule has 26 heteroatoms. The maximum atomic E-state index is 14.7. The highest BCUT2D eigenvalue weighted by Crippen LogP contribution is 2.66. The minimum Gasteiger partial charge on any atom is -0.456 e. The molecule has 4 aliphatic rings. The Morgan fingerprint density at radius 1 is 0.962 bits per heavy atom. The maximum absolute atomic E-state index is 14.7. The van der Waals surface area contributed by atoms with Crippen LogP contribution in [0.4, 0.5) is 11.5 Å². The molecule has 0 spiro atoms. The summed E-state index contributed by atoms with van der Waals surface area (Å²) in [4.78, 5) is 85.1. The lowest BCUT2D eigenvalue weighted by molar-refractivity contribution is -0.121. The number of hydrogen-bond donors (Lipinski definition) is 7. The van der Waals surface area contributed by atoms with Crippen LogP contribution in [0, 0.1) is 11.8 Å². The van der Waals surface area contributed by atoms with Crippen molar-refractivity contribution in [3.63, 3.8) is 0 Å².